The average molecular weight is 187 g/mol. The fourth-order valence-corrected chi connectivity index (χ4v) is 0.939. The molecule has 0 aromatic heterocycles. The Bertz CT molecular complexity index is 180. The topological polar surface area (TPSA) is 69.6 Å². The van der Waals surface area contributed by atoms with Crippen molar-refractivity contribution in [3.8, 4) is 0 Å². The Kier molecular flexibility index (Phi) is 5.34. The first-order chi connectivity index (χ1) is 5.99. The van der Waals surface area contributed by atoms with Crippen molar-refractivity contribution in [1.29, 1.82) is 0 Å². The van der Waals surface area contributed by atoms with Crippen molar-refractivity contribution in [3.63, 3.8) is 0 Å². The number of aliphatic hydroxyl groups excluding tert-OH is 1. The summed E-state index contributed by atoms with van der Waals surface area (Å²) in [6.45, 7) is 7.23. The predicted molar refractivity (Wildman–Crippen MR) is 50.5 cm³/mol. The van der Waals surface area contributed by atoms with Crippen LogP contribution in [-0.2, 0) is 4.79 Å². The van der Waals surface area contributed by atoms with E-state index in [2.05, 4.69) is 11.9 Å². The molecule has 0 fully saturated rings. The van der Waals surface area contributed by atoms with Crippen LogP contribution in [0.3, 0.4) is 0 Å². The first kappa shape index (κ1) is 12.1. The normalized spacial score (nSPS) is 15.4. The molecule has 0 aromatic carbocycles. The van der Waals surface area contributed by atoms with Crippen LogP contribution in [-0.4, -0.2) is 34.9 Å². The average Bonchev–Trinajstić information content (AvgIpc) is 2.03. The van der Waals surface area contributed by atoms with E-state index in [0.717, 1.165) is 0 Å². The number of carboxylic acids is 1. The highest BCUT2D eigenvalue weighted by molar-refractivity contribution is 5.73. The van der Waals surface area contributed by atoms with Crippen LogP contribution < -0.4 is 5.32 Å². The Labute approximate surface area is 78.3 Å². The van der Waals surface area contributed by atoms with Gasteiger partial charge in [0.2, 0.25) is 0 Å². The minimum Gasteiger partial charge on any atom is -0.480 e. The van der Waals surface area contributed by atoms with Crippen LogP contribution in [0.5, 0.6) is 0 Å². The minimum atomic E-state index is -0.897. The van der Waals surface area contributed by atoms with Gasteiger partial charge < -0.3 is 15.5 Å². The second kappa shape index (κ2) is 5.72. The van der Waals surface area contributed by atoms with E-state index in [9.17, 15) is 4.79 Å². The maximum Gasteiger partial charge on any atom is 0.320 e. The van der Waals surface area contributed by atoms with E-state index in [4.69, 9.17) is 10.2 Å². The van der Waals surface area contributed by atoms with Crippen molar-refractivity contribution in [2.75, 3.05) is 6.54 Å². The molecule has 4 nitrogen and oxygen atoms in total. The molecule has 0 amide bonds. The van der Waals surface area contributed by atoms with Gasteiger partial charge in [-0.05, 0) is 5.92 Å². The molecular weight excluding hydrogens is 170 g/mol. The standard InChI is InChI=1S/C9H17NO3/c1-4-7(11)5-10-8(6(2)3)9(12)13/h4,6-8,10-11H,1,5H2,2-3H3,(H,12,13). The van der Waals surface area contributed by atoms with Crippen LogP contribution in [0, 0.1) is 5.92 Å². The summed E-state index contributed by atoms with van der Waals surface area (Å²) in [5.41, 5.74) is 0. The second-order valence-corrected chi connectivity index (χ2v) is 3.27. The summed E-state index contributed by atoms with van der Waals surface area (Å²) in [6.07, 6.45) is 0.673. The smallest absolute Gasteiger partial charge is 0.320 e. The van der Waals surface area contributed by atoms with E-state index < -0.39 is 18.1 Å². The van der Waals surface area contributed by atoms with E-state index in [-0.39, 0.29) is 12.5 Å². The van der Waals surface area contributed by atoms with Gasteiger partial charge in [0, 0.05) is 6.54 Å². The highest BCUT2D eigenvalue weighted by Gasteiger charge is 2.20. The molecule has 13 heavy (non-hydrogen) atoms. The van der Waals surface area contributed by atoms with Gasteiger partial charge in [-0.1, -0.05) is 19.9 Å². The van der Waals surface area contributed by atoms with Crippen molar-refractivity contribution in [3.05, 3.63) is 12.7 Å². The Morgan fingerprint density at radius 1 is 1.62 bits per heavy atom. The van der Waals surface area contributed by atoms with Crippen molar-refractivity contribution in [2.24, 2.45) is 5.92 Å². The lowest BCUT2D eigenvalue weighted by Crippen LogP contribution is -2.43. The van der Waals surface area contributed by atoms with Gasteiger partial charge in [0.25, 0.3) is 0 Å². The summed E-state index contributed by atoms with van der Waals surface area (Å²) in [5, 5.41) is 20.6. The first-order valence-corrected chi connectivity index (χ1v) is 4.25. The third kappa shape index (κ3) is 4.65. The highest BCUT2D eigenvalue weighted by atomic mass is 16.4. The summed E-state index contributed by atoms with van der Waals surface area (Å²) in [6, 6.07) is -0.616. The fraction of sp³-hybridized carbons (Fsp3) is 0.667. The van der Waals surface area contributed by atoms with Crippen molar-refractivity contribution in [1.82, 2.24) is 5.32 Å². The molecule has 0 heterocycles. The number of aliphatic carboxylic acids is 1. The lowest BCUT2D eigenvalue weighted by molar-refractivity contribution is -0.140. The van der Waals surface area contributed by atoms with Crippen LogP contribution in [0.1, 0.15) is 13.8 Å². The number of hydrogen-bond acceptors (Lipinski definition) is 3. The number of carbonyl (C=O) groups is 1. The molecule has 0 spiro atoms. The fourth-order valence-electron chi connectivity index (χ4n) is 0.939. The molecule has 0 saturated carbocycles. The Hall–Kier alpha value is -0.870. The van der Waals surface area contributed by atoms with Crippen LogP contribution in [0.4, 0.5) is 0 Å². The third-order valence-electron chi connectivity index (χ3n) is 1.75. The van der Waals surface area contributed by atoms with Gasteiger partial charge in [0.1, 0.15) is 6.04 Å². The quantitative estimate of drug-likeness (QED) is 0.521. The number of carboxylic acid groups (broad SMARTS) is 1. The van der Waals surface area contributed by atoms with Gasteiger partial charge in [0.15, 0.2) is 0 Å². The molecule has 2 atom stereocenters. The number of aliphatic hydroxyl groups is 1. The summed E-state index contributed by atoms with van der Waals surface area (Å²) in [4.78, 5) is 10.7. The van der Waals surface area contributed by atoms with Crippen LogP contribution in [0.25, 0.3) is 0 Å². The summed E-state index contributed by atoms with van der Waals surface area (Å²) >= 11 is 0. The largest absolute Gasteiger partial charge is 0.480 e. The molecule has 0 saturated heterocycles. The van der Waals surface area contributed by atoms with Crippen LogP contribution in [0.15, 0.2) is 12.7 Å². The van der Waals surface area contributed by atoms with Crippen molar-refractivity contribution in [2.45, 2.75) is 26.0 Å². The summed E-state index contributed by atoms with van der Waals surface area (Å²) in [7, 11) is 0. The van der Waals surface area contributed by atoms with Gasteiger partial charge in [-0.2, -0.15) is 0 Å². The van der Waals surface area contributed by atoms with E-state index in [1.165, 1.54) is 6.08 Å². The zero-order chi connectivity index (χ0) is 10.4. The van der Waals surface area contributed by atoms with Gasteiger partial charge >= 0.3 is 5.97 Å². The molecular formula is C9H17NO3. The minimum absolute atomic E-state index is 0.00508. The molecule has 0 aliphatic rings. The number of hydrogen-bond donors (Lipinski definition) is 3. The molecule has 4 heteroatoms. The molecule has 0 rings (SSSR count). The molecule has 0 aliphatic heterocycles. The lowest BCUT2D eigenvalue weighted by atomic mass is 10.0. The van der Waals surface area contributed by atoms with E-state index in [0.29, 0.717) is 0 Å². The molecule has 0 radical (unpaired) electrons. The molecule has 0 aromatic rings. The van der Waals surface area contributed by atoms with Crippen molar-refractivity contribution >= 4 is 5.97 Å². The van der Waals surface area contributed by atoms with Gasteiger partial charge in [0.05, 0.1) is 6.10 Å². The summed E-state index contributed by atoms with van der Waals surface area (Å²) < 4.78 is 0. The van der Waals surface area contributed by atoms with Gasteiger partial charge in [-0.3, -0.25) is 4.79 Å². The Morgan fingerprint density at radius 2 is 2.15 bits per heavy atom. The third-order valence-corrected chi connectivity index (χ3v) is 1.75. The van der Waals surface area contributed by atoms with Crippen LogP contribution in [0.2, 0.25) is 0 Å². The Balaban J connectivity index is 3.97. The zero-order valence-corrected chi connectivity index (χ0v) is 8.03. The predicted octanol–water partition coefficient (Wildman–Crippen LogP) is 0.232. The SMILES string of the molecule is C=CC(O)CNC(C(=O)O)C(C)C. The molecule has 76 valence electrons. The van der Waals surface area contributed by atoms with Gasteiger partial charge in [-0.15, -0.1) is 6.58 Å². The molecule has 0 aliphatic carbocycles. The maximum absolute atomic E-state index is 10.7. The highest BCUT2D eigenvalue weighted by Crippen LogP contribution is 2.01. The number of nitrogens with one attached hydrogen (secondary N) is 1. The molecule has 0 bridgehead atoms. The van der Waals surface area contributed by atoms with E-state index >= 15 is 0 Å². The summed E-state index contributed by atoms with van der Waals surface area (Å²) in [5.74, 6) is -0.902. The molecule has 2 unspecified atom stereocenters. The monoisotopic (exact) mass is 187 g/mol. The lowest BCUT2D eigenvalue weighted by Gasteiger charge is -2.18. The molecule has 3 N–H and O–H groups in total. The first-order valence-electron chi connectivity index (χ1n) is 4.25. The van der Waals surface area contributed by atoms with Crippen LogP contribution >= 0.6 is 0 Å². The van der Waals surface area contributed by atoms with E-state index in [1.807, 2.05) is 13.8 Å². The van der Waals surface area contributed by atoms with Crippen molar-refractivity contribution < 1.29 is 15.0 Å². The Morgan fingerprint density at radius 3 is 2.46 bits per heavy atom. The number of rotatable bonds is 6. The zero-order valence-electron chi connectivity index (χ0n) is 8.03. The maximum atomic E-state index is 10.7. The van der Waals surface area contributed by atoms with Gasteiger partial charge in [-0.25, -0.2) is 0 Å². The van der Waals surface area contributed by atoms with E-state index in [1.54, 1.807) is 0 Å². The second-order valence-electron chi connectivity index (χ2n) is 3.27.